The summed E-state index contributed by atoms with van der Waals surface area (Å²) < 4.78 is 14.0. The number of halogens is 3. The van der Waals surface area contributed by atoms with Crippen LogP contribution in [-0.4, -0.2) is 26.2 Å². The first-order valence-electron chi connectivity index (χ1n) is 6.72. The van der Waals surface area contributed by atoms with Crippen molar-refractivity contribution in [3.05, 3.63) is 27.4 Å². The standard InChI is InChI=1S/C14H19BrClFN2/c1-2-4-18-8-10-3-5-19(9-10)14-12(15)6-11(17)7-13(14)16/h6-7,10,18H,2-5,8-9H2,1H3. The zero-order valence-corrected chi connectivity index (χ0v) is 13.4. The Morgan fingerprint density at radius 3 is 3.00 bits per heavy atom. The van der Waals surface area contributed by atoms with Crippen molar-refractivity contribution in [3.63, 3.8) is 0 Å². The lowest BCUT2D eigenvalue weighted by molar-refractivity contribution is 0.516. The Morgan fingerprint density at radius 2 is 2.32 bits per heavy atom. The highest BCUT2D eigenvalue weighted by atomic mass is 79.9. The summed E-state index contributed by atoms with van der Waals surface area (Å²) >= 11 is 9.57. The molecule has 0 bridgehead atoms. The van der Waals surface area contributed by atoms with Crippen LogP contribution in [0, 0.1) is 11.7 Å². The van der Waals surface area contributed by atoms with Crippen molar-refractivity contribution in [2.75, 3.05) is 31.1 Å². The SMILES string of the molecule is CCCNCC1CCN(c2c(Cl)cc(F)cc2Br)C1. The molecule has 5 heteroatoms. The van der Waals surface area contributed by atoms with Crippen LogP contribution in [0.15, 0.2) is 16.6 Å². The molecule has 1 N–H and O–H groups in total. The first-order chi connectivity index (χ1) is 9.11. The zero-order chi connectivity index (χ0) is 13.8. The van der Waals surface area contributed by atoms with Crippen LogP contribution in [0.2, 0.25) is 5.02 Å². The van der Waals surface area contributed by atoms with Gasteiger partial charge in [0.05, 0.1) is 10.7 Å². The molecule has 0 saturated carbocycles. The Hall–Kier alpha value is -0.320. The molecule has 1 aromatic rings. The van der Waals surface area contributed by atoms with Crippen LogP contribution in [0.1, 0.15) is 19.8 Å². The molecule has 1 fully saturated rings. The Morgan fingerprint density at radius 1 is 1.53 bits per heavy atom. The number of benzene rings is 1. The smallest absolute Gasteiger partial charge is 0.125 e. The van der Waals surface area contributed by atoms with E-state index in [9.17, 15) is 4.39 Å². The lowest BCUT2D eigenvalue weighted by Crippen LogP contribution is -2.27. The van der Waals surface area contributed by atoms with Crippen LogP contribution in [0.4, 0.5) is 10.1 Å². The van der Waals surface area contributed by atoms with Gasteiger partial charge in [0.15, 0.2) is 0 Å². The minimum atomic E-state index is -0.305. The Kier molecular flexibility index (Phi) is 5.48. The summed E-state index contributed by atoms with van der Waals surface area (Å²) in [6.45, 7) is 6.23. The number of anilines is 1. The summed E-state index contributed by atoms with van der Waals surface area (Å²) in [6.07, 6.45) is 2.31. The van der Waals surface area contributed by atoms with Crippen molar-refractivity contribution in [2.45, 2.75) is 19.8 Å². The predicted octanol–water partition coefficient (Wildman–Crippen LogP) is 4.07. The fourth-order valence-electron chi connectivity index (χ4n) is 2.52. The highest BCUT2D eigenvalue weighted by molar-refractivity contribution is 9.10. The molecule has 0 spiro atoms. The number of nitrogens with zero attached hydrogens (tertiary/aromatic N) is 1. The molecular weight excluding hydrogens is 331 g/mol. The number of hydrogen-bond donors (Lipinski definition) is 1. The highest BCUT2D eigenvalue weighted by Crippen LogP contribution is 2.37. The molecule has 0 aromatic heterocycles. The van der Waals surface area contributed by atoms with Crippen molar-refractivity contribution in [1.29, 1.82) is 0 Å². The first kappa shape index (κ1) is 15.1. The average molecular weight is 350 g/mol. The Bertz CT molecular complexity index is 418. The minimum Gasteiger partial charge on any atom is -0.369 e. The van der Waals surface area contributed by atoms with Gasteiger partial charge in [-0.25, -0.2) is 4.39 Å². The molecule has 1 aromatic carbocycles. The molecule has 1 atom stereocenters. The van der Waals surface area contributed by atoms with Gasteiger partial charge < -0.3 is 10.2 Å². The molecule has 1 aliphatic heterocycles. The fraction of sp³-hybridized carbons (Fsp3) is 0.571. The number of hydrogen-bond acceptors (Lipinski definition) is 2. The molecule has 19 heavy (non-hydrogen) atoms. The van der Waals surface area contributed by atoms with Gasteiger partial charge in [-0.3, -0.25) is 0 Å². The fourth-order valence-corrected chi connectivity index (χ4v) is 3.64. The van der Waals surface area contributed by atoms with Gasteiger partial charge in [-0.05, 0) is 59.9 Å². The molecule has 1 heterocycles. The Labute approximate surface area is 127 Å². The Balaban J connectivity index is 2.01. The summed E-state index contributed by atoms with van der Waals surface area (Å²) in [5.41, 5.74) is 0.918. The quantitative estimate of drug-likeness (QED) is 0.806. The van der Waals surface area contributed by atoms with E-state index < -0.39 is 0 Å². The van der Waals surface area contributed by atoms with Crippen molar-refractivity contribution in [2.24, 2.45) is 5.92 Å². The summed E-state index contributed by atoms with van der Waals surface area (Å²) in [5, 5.41) is 3.94. The van der Waals surface area contributed by atoms with Crippen LogP contribution in [0.5, 0.6) is 0 Å². The topological polar surface area (TPSA) is 15.3 Å². The van der Waals surface area contributed by atoms with Gasteiger partial charge in [0, 0.05) is 17.6 Å². The molecule has 1 unspecified atom stereocenters. The van der Waals surface area contributed by atoms with Gasteiger partial charge in [0.2, 0.25) is 0 Å². The molecule has 0 aliphatic carbocycles. The summed E-state index contributed by atoms with van der Waals surface area (Å²) in [6, 6.07) is 2.86. The third kappa shape index (κ3) is 3.83. The highest BCUT2D eigenvalue weighted by Gasteiger charge is 2.25. The molecule has 1 saturated heterocycles. The van der Waals surface area contributed by atoms with E-state index in [4.69, 9.17) is 11.6 Å². The molecule has 2 rings (SSSR count). The van der Waals surface area contributed by atoms with Crippen LogP contribution >= 0.6 is 27.5 Å². The predicted molar refractivity (Wildman–Crippen MR) is 82.6 cm³/mol. The van der Waals surface area contributed by atoms with E-state index in [0.29, 0.717) is 10.9 Å². The van der Waals surface area contributed by atoms with E-state index in [1.54, 1.807) is 0 Å². The second-order valence-electron chi connectivity index (χ2n) is 5.02. The van der Waals surface area contributed by atoms with Crippen LogP contribution in [-0.2, 0) is 0 Å². The summed E-state index contributed by atoms with van der Waals surface area (Å²) in [5.74, 6) is 0.334. The van der Waals surface area contributed by atoms with E-state index in [1.807, 2.05) is 0 Å². The maximum atomic E-state index is 13.2. The summed E-state index contributed by atoms with van der Waals surface area (Å²) in [7, 11) is 0. The summed E-state index contributed by atoms with van der Waals surface area (Å²) in [4.78, 5) is 2.24. The van der Waals surface area contributed by atoms with Crippen LogP contribution in [0.3, 0.4) is 0 Å². The lowest BCUT2D eigenvalue weighted by Gasteiger charge is -2.22. The largest absolute Gasteiger partial charge is 0.369 e. The van der Waals surface area contributed by atoms with Gasteiger partial charge in [-0.15, -0.1) is 0 Å². The minimum absolute atomic E-state index is 0.305. The molecule has 2 nitrogen and oxygen atoms in total. The normalized spacial score (nSPS) is 19.2. The van der Waals surface area contributed by atoms with Gasteiger partial charge in [-0.2, -0.15) is 0 Å². The first-order valence-corrected chi connectivity index (χ1v) is 7.89. The third-order valence-corrected chi connectivity index (χ3v) is 4.34. The van der Waals surface area contributed by atoms with E-state index in [2.05, 4.69) is 33.1 Å². The van der Waals surface area contributed by atoms with Gasteiger partial charge in [0.25, 0.3) is 0 Å². The molecular formula is C14H19BrClFN2. The van der Waals surface area contributed by atoms with Crippen LogP contribution < -0.4 is 10.2 Å². The molecule has 0 amide bonds. The second-order valence-corrected chi connectivity index (χ2v) is 6.28. The number of rotatable bonds is 5. The second kappa shape index (κ2) is 6.91. The van der Waals surface area contributed by atoms with E-state index in [-0.39, 0.29) is 5.82 Å². The van der Waals surface area contributed by atoms with E-state index in [1.165, 1.54) is 12.1 Å². The van der Waals surface area contributed by atoms with Crippen molar-refractivity contribution >= 4 is 33.2 Å². The van der Waals surface area contributed by atoms with Gasteiger partial charge >= 0.3 is 0 Å². The van der Waals surface area contributed by atoms with Gasteiger partial charge in [-0.1, -0.05) is 18.5 Å². The van der Waals surface area contributed by atoms with Crippen molar-refractivity contribution < 1.29 is 4.39 Å². The van der Waals surface area contributed by atoms with Crippen molar-refractivity contribution in [1.82, 2.24) is 5.32 Å². The van der Waals surface area contributed by atoms with E-state index in [0.717, 1.165) is 49.2 Å². The van der Waals surface area contributed by atoms with Crippen molar-refractivity contribution in [3.8, 4) is 0 Å². The molecule has 106 valence electrons. The van der Waals surface area contributed by atoms with E-state index >= 15 is 0 Å². The maximum Gasteiger partial charge on any atom is 0.125 e. The average Bonchev–Trinajstić information content (AvgIpc) is 2.76. The molecule has 0 radical (unpaired) electrons. The van der Waals surface area contributed by atoms with Crippen LogP contribution in [0.25, 0.3) is 0 Å². The third-order valence-electron chi connectivity index (χ3n) is 3.44. The molecule has 1 aliphatic rings. The lowest BCUT2D eigenvalue weighted by atomic mass is 10.1. The maximum absolute atomic E-state index is 13.2. The zero-order valence-electron chi connectivity index (χ0n) is 11.1. The number of nitrogens with one attached hydrogen (secondary N) is 1. The van der Waals surface area contributed by atoms with Gasteiger partial charge in [0.1, 0.15) is 5.82 Å². The monoisotopic (exact) mass is 348 g/mol.